The number of anilines is 1. The van der Waals surface area contributed by atoms with Crippen LogP contribution in [-0.4, -0.2) is 15.3 Å². The average molecular weight is 289 g/mol. The van der Waals surface area contributed by atoms with E-state index < -0.39 is 0 Å². The molecule has 108 valence electrons. The maximum absolute atomic E-state index is 10.0. The number of nitrogens with two attached hydrogens (primary N) is 1. The lowest BCUT2D eigenvalue weighted by Crippen LogP contribution is -1.85. The maximum Gasteiger partial charge on any atom is 0.125 e. The molecule has 1 heterocycles. The van der Waals surface area contributed by atoms with Gasteiger partial charge in [-0.2, -0.15) is 5.10 Å². The summed E-state index contributed by atoms with van der Waals surface area (Å²) in [5.41, 5.74) is 10.3. The number of aromatic nitrogens is 2. The normalized spacial score (nSPS) is 10.0. The highest BCUT2D eigenvalue weighted by molar-refractivity contribution is 5.73. The largest absolute Gasteiger partial charge is 0.507 e. The summed E-state index contributed by atoms with van der Waals surface area (Å²) in [6, 6.07) is 12.8. The Hall–Kier alpha value is -3.19. The van der Waals surface area contributed by atoms with E-state index in [1.54, 1.807) is 12.3 Å². The van der Waals surface area contributed by atoms with Crippen molar-refractivity contribution in [3.05, 3.63) is 65.4 Å². The first-order valence-electron chi connectivity index (χ1n) is 6.85. The first kappa shape index (κ1) is 13.8. The Labute approximate surface area is 128 Å². The Morgan fingerprint density at radius 1 is 1.09 bits per heavy atom. The molecule has 0 aliphatic rings. The zero-order valence-corrected chi connectivity index (χ0v) is 12.1. The number of aromatic hydroxyl groups is 1. The van der Waals surface area contributed by atoms with Crippen molar-refractivity contribution in [2.75, 3.05) is 5.73 Å². The fourth-order valence-electron chi connectivity index (χ4n) is 2.14. The number of nitrogens with one attached hydrogen (secondary N) is 1. The number of phenolic OH excluding ortho intramolecular Hbond substituents is 1. The molecule has 3 aromatic rings. The third kappa shape index (κ3) is 2.79. The number of H-pyrrole nitrogens is 1. The van der Waals surface area contributed by atoms with Gasteiger partial charge in [0.2, 0.25) is 0 Å². The molecule has 1 aromatic heterocycles. The Morgan fingerprint density at radius 3 is 2.64 bits per heavy atom. The fraction of sp³-hybridized carbons (Fsp3) is 0.0556. The molecule has 0 bridgehead atoms. The molecule has 0 atom stereocenters. The smallest absolute Gasteiger partial charge is 0.125 e. The van der Waals surface area contributed by atoms with Gasteiger partial charge in [0.1, 0.15) is 11.4 Å². The summed E-state index contributed by atoms with van der Waals surface area (Å²) in [5, 5.41) is 17.0. The minimum Gasteiger partial charge on any atom is -0.507 e. The molecule has 0 unspecified atom stereocenters. The third-order valence-electron chi connectivity index (χ3n) is 3.30. The van der Waals surface area contributed by atoms with Gasteiger partial charge in [0, 0.05) is 23.0 Å². The zero-order chi connectivity index (χ0) is 15.5. The Kier molecular flexibility index (Phi) is 3.55. The molecule has 0 fully saturated rings. The first-order valence-corrected chi connectivity index (χ1v) is 6.85. The minimum atomic E-state index is 0.188. The van der Waals surface area contributed by atoms with E-state index in [0.717, 1.165) is 16.7 Å². The molecular formula is C18H15N3O. The van der Waals surface area contributed by atoms with Gasteiger partial charge < -0.3 is 10.8 Å². The van der Waals surface area contributed by atoms with Gasteiger partial charge in [0.15, 0.2) is 0 Å². The van der Waals surface area contributed by atoms with E-state index >= 15 is 0 Å². The van der Waals surface area contributed by atoms with Crippen LogP contribution in [0, 0.1) is 18.8 Å². The second-order valence-electron chi connectivity index (χ2n) is 5.04. The number of hydrogen-bond donors (Lipinski definition) is 3. The van der Waals surface area contributed by atoms with E-state index in [4.69, 9.17) is 5.73 Å². The molecular weight excluding hydrogens is 274 g/mol. The van der Waals surface area contributed by atoms with Crippen molar-refractivity contribution in [1.29, 1.82) is 0 Å². The molecule has 0 amide bonds. The van der Waals surface area contributed by atoms with Crippen molar-refractivity contribution in [3.63, 3.8) is 0 Å². The number of benzene rings is 2. The fourth-order valence-corrected chi connectivity index (χ4v) is 2.14. The van der Waals surface area contributed by atoms with Crippen LogP contribution in [0.2, 0.25) is 0 Å². The number of aryl methyl sites for hydroxylation is 1. The molecule has 0 spiro atoms. The van der Waals surface area contributed by atoms with Crippen LogP contribution in [0.1, 0.15) is 16.7 Å². The van der Waals surface area contributed by atoms with E-state index in [1.165, 1.54) is 0 Å². The predicted octanol–water partition coefficient (Wildman–Crippen LogP) is 3.07. The first-order chi connectivity index (χ1) is 10.6. The summed E-state index contributed by atoms with van der Waals surface area (Å²) in [5.74, 6) is 6.34. The second-order valence-corrected chi connectivity index (χ2v) is 5.04. The SMILES string of the molecule is Cc1ccc(O)c(-c2n[nH]cc2C#Cc2ccc(N)cc2)c1. The van der Waals surface area contributed by atoms with Crippen molar-refractivity contribution < 1.29 is 5.11 Å². The van der Waals surface area contributed by atoms with Gasteiger partial charge in [-0.3, -0.25) is 5.10 Å². The van der Waals surface area contributed by atoms with Gasteiger partial charge in [-0.05, 0) is 43.3 Å². The number of aromatic amines is 1. The van der Waals surface area contributed by atoms with Crippen LogP contribution < -0.4 is 5.73 Å². The number of nitrogen functional groups attached to an aromatic ring is 1. The second kappa shape index (κ2) is 5.66. The molecule has 4 nitrogen and oxygen atoms in total. The van der Waals surface area contributed by atoms with Gasteiger partial charge in [-0.15, -0.1) is 0 Å². The quantitative estimate of drug-likeness (QED) is 0.476. The Morgan fingerprint density at radius 2 is 1.86 bits per heavy atom. The summed E-state index contributed by atoms with van der Waals surface area (Å²) in [6.45, 7) is 1.97. The standard InChI is InChI=1S/C18H15N3O/c1-12-2-9-17(22)16(10-12)18-14(11-20-21-18)6-3-13-4-7-15(19)8-5-13/h2,4-5,7-11,22H,19H2,1H3,(H,20,21). The molecule has 3 rings (SSSR count). The monoisotopic (exact) mass is 289 g/mol. The highest BCUT2D eigenvalue weighted by atomic mass is 16.3. The van der Waals surface area contributed by atoms with Crippen LogP contribution >= 0.6 is 0 Å². The van der Waals surface area contributed by atoms with Crippen molar-refractivity contribution >= 4 is 5.69 Å². The molecule has 4 N–H and O–H groups in total. The number of rotatable bonds is 1. The summed E-state index contributed by atoms with van der Waals surface area (Å²) < 4.78 is 0. The molecule has 0 aliphatic heterocycles. The third-order valence-corrected chi connectivity index (χ3v) is 3.30. The van der Waals surface area contributed by atoms with Gasteiger partial charge in [-0.25, -0.2) is 0 Å². The Balaban J connectivity index is 2.00. The van der Waals surface area contributed by atoms with Crippen LogP contribution in [0.15, 0.2) is 48.7 Å². The highest BCUT2D eigenvalue weighted by Crippen LogP contribution is 2.30. The van der Waals surface area contributed by atoms with Gasteiger partial charge in [0.05, 0.1) is 5.56 Å². The van der Waals surface area contributed by atoms with Gasteiger partial charge in [-0.1, -0.05) is 23.5 Å². The lowest BCUT2D eigenvalue weighted by Gasteiger charge is -2.03. The molecule has 2 aromatic carbocycles. The summed E-state index contributed by atoms with van der Waals surface area (Å²) in [6.07, 6.45) is 1.72. The number of phenols is 1. The van der Waals surface area contributed by atoms with E-state index in [9.17, 15) is 5.11 Å². The summed E-state index contributed by atoms with van der Waals surface area (Å²) in [4.78, 5) is 0. The molecule has 4 heteroatoms. The van der Waals surface area contributed by atoms with Crippen molar-refractivity contribution in [2.45, 2.75) is 6.92 Å². The highest BCUT2D eigenvalue weighted by Gasteiger charge is 2.11. The van der Waals surface area contributed by atoms with Gasteiger partial charge >= 0.3 is 0 Å². The van der Waals surface area contributed by atoms with E-state index in [2.05, 4.69) is 22.0 Å². The molecule has 0 saturated heterocycles. The van der Waals surface area contributed by atoms with Crippen LogP contribution in [0.3, 0.4) is 0 Å². The van der Waals surface area contributed by atoms with Crippen molar-refractivity contribution in [1.82, 2.24) is 10.2 Å². The van der Waals surface area contributed by atoms with Crippen LogP contribution in [0.4, 0.5) is 5.69 Å². The molecule has 0 saturated carbocycles. The van der Waals surface area contributed by atoms with Crippen LogP contribution in [0.25, 0.3) is 11.3 Å². The number of nitrogens with zero attached hydrogens (tertiary/aromatic N) is 1. The lowest BCUT2D eigenvalue weighted by atomic mass is 10.0. The minimum absolute atomic E-state index is 0.188. The molecule has 0 radical (unpaired) electrons. The van der Waals surface area contributed by atoms with Crippen LogP contribution in [0.5, 0.6) is 5.75 Å². The number of hydrogen-bond acceptors (Lipinski definition) is 3. The predicted molar refractivity (Wildman–Crippen MR) is 87.3 cm³/mol. The van der Waals surface area contributed by atoms with E-state index in [0.29, 0.717) is 16.9 Å². The van der Waals surface area contributed by atoms with Crippen molar-refractivity contribution in [3.8, 4) is 28.8 Å². The maximum atomic E-state index is 10.0. The lowest BCUT2D eigenvalue weighted by molar-refractivity contribution is 0.477. The van der Waals surface area contributed by atoms with E-state index in [1.807, 2.05) is 43.3 Å². The zero-order valence-electron chi connectivity index (χ0n) is 12.1. The van der Waals surface area contributed by atoms with Crippen molar-refractivity contribution in [2.24, 2.45) is 0 Å². The summed E-state index contributed by atoms with van der Waals surface area (Å²) in [7, 11) is 0. The molecule has 22 heavy (non-hydrogen) atoms. The van der Waals surface area contributed by atoms with E-state index in [-0.39, 0.29) is 5.75 Å². The average Bonchev–Trinajstić information content (AvgIpc) is 2.97. The van der Waals surface area contributed by atoms with Gasteiger partial charge in [0.25, 0.3) is 0 Å². The van der Waals surface area contributed by atoms with Crippen LogP contribution in [-0.2, 0) is 0 Å². The topological polar surface area (TPSA) is 74.9 Å². The summed E-state index contributed by atoms with van der Waals surface area (Å²) >= 11 is 0. The Bertz CT molecular complexity index is 867. The molecule has 0 aliphatic carbocycles.